The summed E-state index contributed by atoms with van der Waals surface area (Å²) in [7, 11) is 0. The first-order chi connectivity index (χ1) is 10.8. The summed E-state index contributed by atoms with van der Waals surface area (Å²) >= 11 is 0. The van der Waals surface area contributed by atoms with E-state index in [1.165, 1.54) is 5.56 Å². The second kappa shape index (κ2) is 5.25. The smallest absolute Gasteiger partial charge is 0.251 e. The molecule has 2 N–H and O–H groups in total. The molecule has 5 heteroatoms. The van der Waals surface area contributed by atoms with Gasteiger partial charge in [-0.25, -0.2) is 4.52 Å². The average Bonchev–Trinajstić information content (AvgIpc) is 2.92. The standard InChI is InChI=1S/C17H20N4O/c1-2-11-3-4-14-13(9-11)17-19-16(22)10-15(21(17)20-14)12-5-7-18-8-6-12/h3-4,9-10,12,18H,2,5-8H2,1H3,(H,19,22). The van der Waals surface area contributed by atoms with E-state index in [2.05, 4.69) is 29.4 Å². The van der Waals surface area contributed by atoms with Crippen molar-refractivity contribution in [3.8, 4) is 0 Å². The molecule has 0 radical (unpaired) electrons. The Bertz CT molecular complexity index is 887. The lowest BCUT2D eigenvalue weighted by Gasteiger charge is -2.23. The average molecular weight is 296 g/mol. The summed E-state index contributed by atoms with van der Waals surface area (Å²) < 4.78 is 1.95. The number of hydrogen-bond donors (Lipinski definition) is 2. The molecule has 22 heavy (non-hydrogen) atoms. The highest BCUT2D eigenvalue weighted by Crippen LogP contribution is 2.27. The Morgan fingerprint density at radius 2 is 2.09 bits per heavy atom. The maximum absolute atomic E-state index is 12.1. The van der Waals surface area contributed by atoms with Crippen LogP contribution in [0.2, 0.25) is 0 Å². The van der Waals surface area contributed by atoms with Crippen LogP contribution < -0.4 is 10.9 Å². The van der Waals surface area contributed by atoms with Crippen LogP contribution in [0.15, 0.2) is 29.1 Å². The number of aromatic nitrogens is 3. The van der Waals surface area contributed by atoms with Crippen molar-refractivity contribution in [1.29, 1.82) is 0 Å². The Morgan fingerprint density at radius 1 is 1.27 bits per heavy atom. The lowest BCUT2D eigenvalue weighted by molar-refractivity contribution is 0.446. The zero-order valence-corrected chi connectivity index (χ0v) is 12.7. The van der Waals surface area contributed by atoms with Gasteiger partial charge in [-0.1, -0.05) is 13.0 Å². The van der Waals surface area contributed by atoms with E-state index in [-0.39, 0.29) is 5.56 Å². The van der Waals surface area contributed by atoms with Crippen LogP contribution >= 0.6 is 0 Å². The highest BCUT2D eigenvalue weighted by molar-refractivity contribution is 5.92. The van der Waals surface area contributed by atoms with Crippen LogP contribution in [-0.4, -0.2) is 27.7 Å². The van der Waals surface area contributed by atoms with Gasteiger partial charge in [-0.2, -0.15) is 5.10 Å². The number of nitrogens with one attached hydrogen (secondary N) is 2. The van der Waals surface area contributed by atoms with E-state index >= 15 is 0 Å². The van der Waals surface area contributed by atoms with Crippen molar-refractivity contribution < 1.29 is 0 Å². The molecule has 3 heterocycles. The molecule has 3 aromatic rings. The Morgan fingerprint density at radius 3 is 2.86 bits per heavy atom. The van der Waals surface area contributed by atoms with Gasteiger partial charge in [0.15, 0.2) is 0 Å². The van der Waals surface area contributed by atoms with Gasteiger partial charge in [0.1, 0.15) is 5.65 Å². The SMILES string of the molecule is CCc1ccc2nn3c(C4CCNCC4)cc(=O)[nH]c3c2c1. The van der Waals surface area contributed by atoms with Crippen LogP contribution in [0.3, 0.4) is 0 Å². The summed E-state index contributed by atoms with van der Waals surface area (Å²) in [6.07, 6.45) is 3.08. The van der Waals surface area contributed by atoms with Crippen molar-refractivity contribution in [2.45, 2.75) is 32.1 Å². The monoisotopic (exact) mass is 296 g/mol. The van der Waals surface area contributed by atoms with E-state index in [0.29, 0.717) is 5.92 Å². The number of aromatic amines is 1. The van der Waals surface area contributed by atoms with Gasteiger partial charge in [-0.3, -0.25) is 4.79 Å². The third-order valence-corrected chi connectivity index (χ3v) is 4.67. The Balaban J connectivity index is 1.99. The largest absolute Gasteiger partial charge is 0.317 e. The fourth-order valence-electron chi connectivity index (χ4n) is 3.42. The van der Waals surface area contributed by atoms with Crippen LogP contribution in [0.25, 0.3) is 16.6 Å². The lowest BCUT2D eigenvalue weighted by atomic mass is 9.94. The van der Waals surface area contributed by atoms with Crippen molar-refractivity contribution >= 4 is 16.6 Å². The van der Waals surface area contributed by atoms with Crippen LogP contribution in [0.1, 0.15) is 36.9 Å². The molecule has 2 aromatic heterocycles. The molecule has 0 spiro atoms. The summed E-state index contributed by atoms with van der Waals surface area (Å²) in [5.74, 6) is 0.394. The zero-order valence-electron chi connectivity index (χ0n) is 12.7. The minimum absolute atomic E-state index is 0.0373. The van der Waals surface area contributed by atoms with Gasteiger partial charge in [-0.05, 0) is 50.0 Å². The van der Waals surface area contributed by atoms with Gasteiger partial charge in [0, 0.05) is 17.4 Å². The highest BCUT2D eigenvalue weighted by Gasteiger charge is 2.20. The molecule has 1 fully saturated rings. The maximum Gasteiger partial charge on any atom is 0.251 e. The second-order valence-corrected chi connectivity index (χ2v) is 6.05. The lowest BCUT2D eigenvalue weighted by Crippen LogP contribution is -2.28. The summed E-state index contributed by atoms with van der Waals surface area (Å²) in [5.41, 5.74) is 4.02. The maximum atomic E-state index is 12.1. The van der Waals surface area contributed by atoms with Crippen molar-refractivity contribution in [1.82, 2.24) is 19.9 Å². The van der Waals surface area contributed by atoms with E-state index in [0.717, 1.165) is 54.6 Å². The molecule has 0 bridgehead atoms. The van der Waals surface area contributed by atoms with Crippen molar-refractivity contribution in [2.75, 3.05) is 13.1 Å². The molecule has 1 aliphatic heterocycles. The fraction of sp³-hybridized carbons (Fsp3) is 0.412. The van der Waals surface area contributed by atoms with Crippen molar-refractivity contribution in [2.24, 2.45) is 0 Å². The normalized spacial score (nSPS) is 16.6. The molecule has 0 amide bonds. The minimum atomic E-state index is -0.0373. The Kier molecular flexibility index (Phi) is 3.22. The first kappa shape index (κ1) is 13.5. The number of nitrogens with zero attached hydrogens (tertiary/aromatic N) is 2. The number of aryl methyl sites for hydroxylation is 1. The first-order valence-electron chi connectivity index (χ1n) is 8.01. The summed E-state index contributed by atoms with van der Waals surface area (Å²) in [5, 5.41) is 9.14. The highest BCUT2D eigenvalue weighted by atomic mass is 16.1. The van der Waals surface area contributed by atoms with E-state index < -0.39 is 0 Å². The molecule has 1 aromatic carbocycles. The number of fused-ring (bicyclic) bond motifs is 3. The van der Waals surface area contributed by atoms with E-state index in [1.54, 1.807) is 6.07 Å². The van der Waals surface area contributed by atoms with Crippen LogP contribution in [0, 0.1) is 0 Å². The zero-order chi connectivity index (χ0) is 15.1. The quantitative estimate of drug-likeness (QED) is 0.762. The molecule has 0 saturated carbocycles. The number of benzene rings is 1. The molecular weight excluding hydrogens is 276 g/mol. The molecular formula is C17H20N4O. The van der Waals surface area contributed by atoms with Gasteiger partial charge in [0.2, 0.25) is 0 Å². The molecule has 0 atom stereocenters. The first-order valence-corrected chi connectivity index (χ1v) is 8.01. The summed E-state index contributed by atoms with van der Waals surface area (Å²) in [4.78, 5) is 15.1. The fourth-order valence-corrected chi connectivity index (χ4v) is 3.42. The van der Waals surface area contributed by atoms with E-state index in [1.807, 2.05) is 10.6 Å². The van der Waals surface area contributed by atoms with E-state index in [9.17, 15) is 4.79 Å². The van der Waals surface area contributed by atoms with Crippen molar-refractivity contribution in [3.05, 3.63) is 45.9 Å². The Hall–Kier alpha value is -2.14. The molecule has 1 saturated heterocycles. The topological polar surface area (TPSA) is 62.2 Å². The molecule has 5 nitrogen and oxygen atoms in total. The minimum Gasteiger partial charge on any atom is -0.317 e. The molecule has 1 aliphatic rings. The third-order valence-electron chi connectivity index (χ3n) is 4.67. The number of H-pyrrole nitrogens is 1. The van der Waals surface area contributed by atoms with Crippen molar-refractivity contribution in [3.63, 3.8) is 0 Å². The van der Waals surface area contributed by atoms with Crippen LogP contribution in [-0.2, 0) is 6.42 Å². The third kappa shape index (κ3) is 2.13. The van der Waals surface area contributed by atoms with Gasteiger partial charge in [-0.15, -0.1) is 0 Å². The van der Waals surface area contributed by atoms with Gasteiger partial charge >= 0.3 is 0 Å². The van der Waals surface area contributed by atoms with Crippen LogP contribution in [0.4, 0.5) is 0 Å². The van der Waals surface area contributed by atoms with Gasteiger partial charge < -0.3 is 10.3 Å². The number of rotatable bonds is 2. The van der Waals surface area contributed by atoms with E-state index in [4.69, 9.17) is 5.10 Å². The second-order valence-electron chi connectivity index (χ2n) is 6.05. The van der Waals surface area contributed by atoms with Gasteiger partial charge in [0.05, 0.1) is 11.2 Å². The number of hydrogen-bond acceptors (Lipinski definition) is 3. The van der Waals surface area contributed by atoms with Crippen LogP contribution in [0.5, 0.6) is 0 Å². The number of piperidine rings is 1. The summed E-state index contributed by atoms with van der Waals surface area (Å²) in [6, 6.07) is 8.01. The van der Waals surface area contributed by atoms with Gasteiger partial charge in [0.25, 0.3) is 5.56 Å². The predicted octanol–water partition coefficient (Wildman–Crippen LogP) is 2.21. The predicted molar refractivity (Wildman–Crippen MR) is 87.5 cm³/mol. The molecule has 0 unspecified atom stereocenters. The molecule has 0 aliphatic carbocycles. The molecule has 4 rings (SSSR count). The Labute approximate surface area is 128 Å². The summed E-state index contributed by atoms with van der Waals surface area (Å²) in [6.45, 7) is 4.13. The molecule has 114 valence electrons.